The van der Waals surface area contributed by atoms with Crippen LogP contribution in [0, 0.1) is 0 Å². The molecule has 5 N–H and O–H groups in total. The van der Waals surface area contributed by atoms with Crippen molar-refractivity contribution in [2.75, 3.05) is 24.3 Å². The molecule has 3 heterocycles. The minimum Gasteiger partial charge on any atom is -0.453 e. The van der Waals surface area contributed by atoms with Gasteiger partial charge in [0.25, 0.3) is 5.91 Å². The number of aromatic nitrogens is 2. The highest BCUT2D eigenvalue weighted by atomic mass is 35.5. The lowest BCUT2D eigenvalue weighted by Crippen LogP contribution is -2.30. The fourth-order valence-electron chi connectivity index (χ4n) is 4.69. The van der Waals surface area contributed by atoms with E-state index in [1.807, 2.05) is 30.4 Å². The van der Waals surface area contributed by atoms with E-state index in [1.165, 1.54) is 18.2 Å². The molecule has 1 atom stereocenters. The molecule has 10 nitrogen and oxygen atoms in total. The van der Waals surface area contributed by atoms with Crippen molar-refractivity contribution in [3.63, 3.8) is 0 Å². The summed E-state index contributed by atoms with van der Waals surface area (Å²) in [4.78, 5) is 45.5. The number of allylic oxidation sites excluding steroid dienone is 1. The number of nitrogens with one attached hydrogen (secondary N) is 5. The van der Waals surface area contributed by atoms with Crippen molar-refractivity contribution in [2.45, 2.75) is 38.3 Å². The largest absolute Gasteiger partial charge is 0.453 e. The van der Waals surface area contributed by atoms with E-state index >= 15 is 0 Å². The second kappa shape index (κ2) is 11.7. The number of anilines is 2. The van der Waals surface area contributed by atoms with Crippen LogP contribution in [0.1, 0.15) is 52.6 Å². The average molecular weight is 549 g/mol. The number of methoxy groups -OCH3 is 1. The zero-order valence-electron chi connectivity index (χ0n) is 21.4. The van der Waals surface area contributed by atoms with Crippen LogP contribution in [0.25, 0.3) is 11.3 Å². The number of nitrogens with zero attached hydrogens (tertiary/aromatic N) is 1. The Morgan fingerprint density at radius 1 is 1.10 bits per heavy atom. The van der Waals surface area contributed by atoms with Crippen LogP contribution < -0.4 is 21.3 Å². The number of carbonyl (C=O) groups is 3. The number of imidazole rings is 1. The van der Waals surface area contributed by atoms with Gasteiger partial charge in [0.15, 0.2) is 0 Å². The lowest BCUT2D eigenvalue weighted by molar-refractivity contribution is -0.116. The maximum atomic E-state index is 13.3. The Bertz CT molecular complexity index is 1450. The molecule has 3 amide bonds. The Balaban J connectivity index is 1.47. The highest BCUT2D eigenvalue weighted by molar-refractivity contribution is 6.32. The number of H-pyrrole nitrogens is 1. The van der Waals surface area contributed by atoms with Gasteiger partial charge in [-0.3, -0.25) is 14.9 Å². The lowest BCUT2D eigenvalue weighted by Gasteiger charge is -2.19. The van der Waals surface area contributed by atoms with Gasteiger partial charge >= 0.3 is 6.09 Å². The maximum Gasteiger partial charge on any atom is 0.411 e. The molecule has 39 heavy (non-hydrogen) atoms. The Kier molecular flexibility index (Phi) is 7.94. The number of rotatable bonds is 3. The van der Waals surface area contributed by atoms with Crippen molar-refractivity contribution in [3.8, 4) is 11.3 Å². The maximum absolute atomic E-state index is 13.3. The lowest BCUT2D eigenvalue weighted by atomic mass is 9.98. The van der Waals surface area contributed by atoms with Crippen LogP contribution >= 0.6 is 11.6 Å². The molecular formula is C28H29ClN6O4. The normalized spacial score (nSPS) is 16.9. The summed E-state index contributed by atoms with van der Waals surface area (Å²) < 4.78 is 4.67. The smallest absolute Gasteiger partial charge is 0.411 e. The first-order valence-electron chi connectivity index (χ1n) is 12.7. The number of fused-ring (bicyclic) bond motifs is 5. The molecule has 2 bridgehead atoms. The third-order valence-electron chi connectivity index (χ3n) is 6.73. The van der Waals surface area contributed by atoms with Crippen LogP contribution in [0.2, 0.25) is 5.15 Å². The number of carbonyl (C=O) groups excluding carboxylic acids is 3. The summed E-state index contributed by atoms with van der Waals surface area (Å²) in [5.74, 6) is 0.0852. The number of halogens is 1. The predicted octanol–water partition coefficient (Wildman–Crippen LogP) is 4.70. The summed E-state index contributed by atoms with van der Waals surface area (Å²) in [6, 6.07) is 10.3. The molecular weight excluding hydrogens is 520 g/mol. The second-order valence-electron chi connectivity index (χ2n) is 9.39. The van der Waals surface area contributed by atoms with Crippen molar-refractivity contribution in [1.29, 1.82) is 0 Å². The van der Waals surface area contributed by atoms with Crippen LogP contribution in [-0.2, 0) is 22.5 Å². The first kappa shape index (κ1) is 26.5. The number of amides is 3. The van der Waals surface area contributed by atoms with E-state index in [1.54, 1.807) is 18.2 Å². The zero-order chi connectivity index (χ0) is 27.4. The number of aromatic amines is 1. The van der Waals surface area contributed by atoms with Gasteiger partial charge in [0, 0.05) is 29.8 Å². The van der Waals surface area contributed by atoms with E-state index in [9.17, 15) is 14.4 Å². The van der Waals surface area contributed by atoms with E-state index in [2.05, 4.69) is 31.0 Å². The Morgan fingerprint density at radius 2 is 1.97 bits per heavy atom. The van der Waals surface area contributed by atoms with Crippen LogP contribution in [-0.4, -0.2) is 41.5 Å². The Morgan fingerprint density at radius 3 is 2.82 bits per heavy atom. The van der Waals surface area contributed by atoms with Gasteiger partial charge in [-0.2, -0.15) is 0 Å². The van der Waals surface area contributed by atoms with Gasteiger partial charge in [0.2, 0.25) is 5.91 Å². The molecule has 2 aromatic carbocycles. The number of ether oxygens (including phenoxy) is 1. The fraction of sp³-hybridized carbons (Fsp3) is 0.286. The summed E-state index contributed by atoms with van der Waals surface area (Å²) in [5.41, 5.74) is 4.81. The van der Waals surface area contributed by atoms with Gasteiger partial charge in [-0.25, -0.2) is 9.78 Å². The molecule has 2 aliphatic heterocycles. The Labute approximate surface area is 230 Å². The molecule has 2 aliphatic rings. The highest BCUT2D eigenvalue weighted by Crippen LogP contribution is 2.35. The third-order valence-corrected chi connectivity index (χ3v) is 7.00. The molecule has 0 fully saturated rings. The molecule has 0 spiro atoms. The first-order chi connectivity index (χ1) is 18.9. The van der Waals surface area contributed by atoms with Gasteiger partial charge in [-0.05, 0) is 67.3 Å². The molecule has 1 aromatic heterocycles. The van der Waals surface area contributed by atoms with E-state index in [0.29, 0.717) is 46.9 Å². The minimum atomic E-state index is -0.634. The first-order valence-corrected chi connectivity index (χ1v) is 13.1. The zero-order valence-corrected chi connectivity index (χ0v) is 22.2. The second-order valence-corrected chi connectivity index (χ2v) is 9.77. The van der Waals surface area contributed by atoms with Crippen molar-refractivity contribution in [2.24, 2.45) is 0 Å². The SMILES string of the molecule is COC(=O)Nc1ccc2c(c1)NC(=O)CCC=CCC(NC(=O)c1ccc3c(c1)CCNC3)c1nc-2c(Cl)[nH]1. The molecule has 0 radical (unpaired) electrons. The van der Waals surface area contributed by atoms with Crippen LogP contribution in [0.15, 0.2) is 48.6 Å². The molecule has 11 heteroatoms. The van der Waals surface area contributed by atoms with Crippen molar-refractivity contribution in [1.82, 2.24) is 20.6 Å². The highest BCUT2D eigenvalue weighted by Gasteiger charge is 2.23. The van der Waals surface area contributed by atoms with Crippen LogP contribution in [0.4, 0.5) is 16.2 Å². The minimum absolute atomic E-state index is 0.199. The predicted molar refractivity (Wildman–Crippen MR) is 149 cm³/mol. The molecule has 5 rings (SSSR count). The number of hydrogen-bond acceptors (Lipinski definition) is 6. The van der Waals surface area contributed by atoms with Gasteiger partial charge in [-0.1, -0.05) is 29.8 Å². The van der Waals surface area contributed by atoms with Crippen molar-refractivity contribution >= 4 is 40.9 Å². The van der Waals surface area contributed by atoms with E-state index in [4.69, 9.17) is 16.6 Å². The topological polar surface area (TPSA) is 137 Å². The van der Waals surface area contributed by atoms with Gasteiger partial charge < -0.3 is 25.7 Å². The van der Waals surface area contributed by atoms with Crippen molar-refractivity contribution in [3.05, 3.63) is 76.2 Å². The molecule has 1 unspecified atom stereocenters. The van der Waals surface area contributed by atoms with E-state index in [0.717, 1.165) is 19.5 Å². The summed E-state index contributed by atoms with van der Waals surface area (Å²) in [5, 5.41) is 12.2. The van der Waals surface area contributed by atoms with Gasteiger partial charge in [-0.15, -0.1) is 0 Å². The fourth-order valence-corrected chi connectivity index (χ4v) is 4.93. The summed E-state index contributed by atoms with van der Waals surface area (Å²) in [7, 11) is 1.27. The average Bonchev–Trinajstić information content (AvgIpc) is 3.32. The summed E-state index contributed by atoms with van der Waals surface area (Å²) >= 11 is 6.60. The van der Waals surface area contributed by atoms with Gasteiger partial charge in [0.1, 0.15) is 16.7 Å². The monoisotopic (exact) mass is 548 g/mol. The third kappa shape index (κ3) is 6.13. The molecule has 202 valence electrons. The molecule has 0 saturated heterocycles. The van der Waals surface area contributed by atoms with Crippen molar-refractivity contribution < 1.29 is 19.1 Å². The van der Waals surface area contributed by atoms with E-state index < -0.39 is 12.1 Å². The van der Waals surface area contributed by atoms with E-state index in [-0.39, 0.29) is 23.4 Å². The number of benzene rings is 2. The quantitative estimate of drug-likeness (QED) is 0.301. The van der Waals surface area contributed by atoms with Crippen LogP contribution in [0.5, 0.6) is 0 Å². The summed E-state index contributed by atoms with van der Waals surface area (Å²) in [6.45, 7) is 1.69. The number of hydrogen-bond donors (Lipinski definition) is 5. The van der Waals surface area contributed by atoms with Gasteiger partial charge in [0.05, 0.1) is 18.8 Å². The van der Waals surface area contributed by atoms with Crippen LogP contribution in [0.3, 0.4) is 0 Å². The molecule has 0 aliphatic carbocycles. The standard InChI is InChI=1S/C28H29ClN6O4/c1-39-28(38)31-19-9-10-20-22(14-19)32-23(36)6-4-2-3-5-21(26-34-24(20)25(29)35-26)33-27(37)17-7-8-18-15-30-12-11-16(18)13-17/h2-3,7-10,13-14,21,30H,4-6,11-12,15H2,1H3,(H,31,38)(H,32,36)(H,33,37)(H,34,35). The molecule has 0 saturated carbocycles. The summed E-state index contributed by atoms with van der Waals surface area (Å²) in [6.07, 6.45) is 5.31. The Hall–Kier alpha value is -4.15. The molecule has 3 aromatic rings.